The van der Waals surface area contributed by atoms with Crippen molar-refractivity contribution in [2.45, 2.75) is 13.0 Å². The predicted molar refractivity (Wildman–Crippen MR) is 151 cm³/mol. The van der Waals surface area contributed by atoms with Crippen molar-refractivity contribution in [1.82, 2.24) is 14.9 Å². The Kier molecular flexibility index (Phi) is 7.49. The second kappa shape index (κ2) is 11.1. The van der Waals surface area contributed by atoms with Crippen molar-refractivity contribution >= 4 is 56.7 Å². The first kappa shape index (κ1) is 24.9. The zero-order valence-electron chi connectivity index (χ0n) is 20.3. The van der Waals surface area contributed by atoms with Gasteiger partial charge in [-0.2, -0.15) is 0 Å². The molecule has 5 aromatic rings. The molecule has 2 heterocycles. The number of nitrogens with zero attached hydrogens (tertiary/aromatic N) is 2. The number of carbonyl (C=O) groups excluding carboxylic acids is 1. The second-order valence-electron chi connectivity index (χ2n) is 8.68. The van der Waals surface area contributed by atoms with Gasteiger partial charge in [0.15, 0.2) is 0 Å². The summed E-state index contributed by atoms with van der Waals surface area (Å²) in [5.74, 6) is 1.34. The van der Waals surface area contributed by atoms with E-state index in [4.69, 9.17) is 27.9 Å². The van der Waals surface area contributed by atoms with Crippen molar-refractivity contribution in [3.8, 4) is 5.75 Å². The normalized spacial score (nSPS) is 11.1. The Bertz CT molecular complexity index is 1570. The fourth-order valence-corrected chi connectivity index (χ4v) is 4.94. The molecule has 0 radical (unpaired) electrons. The molecule has 5 rings (SSSR count). The maximum absolute atomic E-state index is 13.2. The number of ether oxygens (including phenoxy) is 1. The van der Waals surface area contributed by atoms with Gasteiger partial charge in [-0.25, -0.2) is 4.98 Å². The number of para-hydroxylation sites is 1. The lowest BCUT2D eigenvalue weighted by atomic mass is 10.2. The van der Waals surface area contributed by atoms with Gasteiger partial charge in [0.25, 0.3) is 5.91 Å². The minimum Gasteiger partial charge on any atom is -0.496 e. The number of carbonyl (C=O) groups is 1. The molecule has 6 nitrogen and oxygen atoms in total. The molecule has 0 saturated carbocycles. The van der Waals surface area contributed by atoms with Crippen LogP contribution in [-0.4, -0.2) is 35.7 Å². The molecular formula is C29H26Cl2N4O2. The van der Waals surface area contributed by atoms with Crippen molar-refractivity contribution < 1.29 is 9.53 Å². The number of hydrogen-bond acceptors (Lipinski definition) is 4. The first-order valence-corrected chi connectivity index (χ1v) is 12.8. The van der Waals surface area contributed by atoms with Crippen LogP contribution in [0.15, 0.2) is 78.9 Å². The van der Waals surface area contributed by atoms with Crippen LogP contribution in [0.25, 0.3) is 21.8 Å². The first-order chi connectivity index (χ1) is 18.0. The van der Waals surface area contributed by atoms with E-state index in [-0.39, 0.29) is 5.91 Å². The molecule has 0 fully saturated rings. The quantitative estimate of drug-likeness (QED) is 0.205. The maximum atomic E-state index is 13.2. The molecule has 2 aromatic heterocycles. The highest BCUT2D eigenvalue weighted by Crippen LogP contribution is 2.31. The Morgan fingerprint density at radius 3 is 2.54 bits per heavy atom. The molecule has 3 aromatic carbocycles. The van der Waals surface area contributed by atoms with E-state index in [0.29, 0.717) is 41.8 Å². The minimum atomic E-state index is -0.162. The number of benzene rings is 3. The van der Waals surface area contributed by atoms with E-state index in [0.717, 1.165) is 38.9 Å². The minimum absolute atomic E-state index is 0.162. The third-order valence-electron chi connectivity index (χ3n) is 6.19. The molecule has 0 unspecified atom stereocenters. The Labute approximate surface area is 225 Å². The van der Waals surface area contributed by atoms with E-state index in [2.05, 4.69) is 15.6 Å². The zero-order valence-corrected chi connectivity index (χ0v) is 21.8. The fraction of sp³-hybridized carbons (Fsp3) is 0.172. The number of anilines is 1. The van der Waals surface area contributed by atoms with Crippen LogP contribution in [0.3, 0.4) is 0 Å². The van der Waals surface area contributed by atoms with Crippen LogP contribution < -0.4 is 15.4 Å². The van der Waals surface area contributed by atoms with Gasteiger partial charge >= 0.3 is 0 Å². The first-order valence-electron chi connectivity index (χ1n) is 12.0. The third kappa shape index (κ3) is 5.50. The molecule has 1 amide bonds. The van der Waals surface area contributed by atoms with Crippen LogP contribution >= 0.6 is 23.2 Å². The number of halogens is 2. The van der Waals surface area contributed by atoms with Crippen LogP contribution in [0.2, 0.25) is 10.0 Å². The Balaban J connectivity index is 1.27. The highest BCUT2D eigenvalue weighted by molar-refractivity contribution is 6.38. The number of methoxy groups -OCH3 is 1. The average Bonchev–Trinajstić information content (AvgIpc) is 3.27. The lowest BCUT2D eigenvalue weighted by Gasteiger charge is -2.12. The maximum Gasteiger partial charge on any atom is 0.267 e. The van der Waals surface area contributed by atoms with Crippen molar-refractivity contribution in [3.63, 3.8) is 0 Å². The summed E-state index contributed by atoms with van der Waals surface area (Å²) in [4.78, 5) is 17.9. The molecule has 37 heavy (non-hydrogen) atoms. The van der Waals surface area contributed by atoms with Gasteiger partial charge < -0.3 is 19.9 Å². The van der Waals surface area contributed by atoms with Crippen molar-refractivity contribution in [3.05, 3.63) is 100 Å². The highest BCUT2D eigenvalue weighted by Gasteiger charge is 2.18. The van der Waals surface area contributed by atoms with E-state index in [1.165, 1.54) is 0 Å². The zero-order chi connectivity index (χ0) is 25.8. The molecule has 0 aliphatic heterocycles. The summed E-state index contributed by atoms with van der Waals surface area (Å²) in [7, 11) is 1.65. The summed E-state index contributed by atoms with van der Waals surface area (Å²) in [6, 6.07) is 25.1. The molecule has 0 spiro atoms. The summed E-state index contributed by atoms with van der Waals surface area (Å²) in [5, 5.41) is 9.18. The predicted octanol–water partition coefficient (Wildman–Crippen LogP) is 6.79. The Morgan fingerprint density at radius 1 is 0.946 bits per heavy atom. The molecule has 0 bridgehead atoms. The standard InChI is InChI=1S/C29H26Cl2N4O2/c1-37-27-17-28(34-24-11-6-5-10-21(24)27)32-12-7-13-33-29(36)26-16-22-23(31)14-20(30)15-25(22)35(26)18-19-8-3-2-4-9-19/h2-6,8-11,14-17H,7,12-13,18H2,1H3,(H,32,34)(H,33,36). The van der Waals surface area contributed by atoms with Crippen LogP contribution in [0, 0.1) is 0 Å². The number of rotatable bonds is 9. The van der Waals surface area contributed by atoms with Crippen LogP contribution in [0.1, 0.15) is 22.5 Å². The number of hydrogen-bond donors (Lipinski definition) is 2. The number of aromatic nitrogens is 2. The highest BCUT2D eigenvalue weighted by atomic mass is 35.5. The Morgan fingerprint density at radius 2 is 1.73 bits per heavy atom. The number of nitrogens with one attached hydrogen (secondary N) is 2. The number of amides is 1. The lowest BCUT2D eigenvalue weighted by molar-refractivity contribution is 0.0945. The molecule has 0 aliphatic rings. The van der Waals surface area contributed by atoms with Gasteiger partial charge in [-0.1, -0.05) is 65.7 Å². The lowest BCUT2D eigenvalue weighted by Crippen LogP contribution is -2.28. The molecule has 188 valence electrons. The largest absolute Gasteiger partial charge is 0.496 e. The monoisotopic (exact) mass is 532 g/mol. The van der Waals surface area contributed by atoms with Gasteiger partial charge in [0, 0.05) is 41.5 Å². The van der Waals surface area contributed by atoms with Crippen molar-refractivity contribution in [2.24, 2.45) is 0 Å². The van der Waals surface area contributed by atoms with Gasteiger partial charge in [-0.05, 0) is 42.3 Å². The molecule has 0 aliphatic carbocycles. The van der Waals surface area contributed by atoms with Crippen LogP contribution in [0.5, 0.6) is 5.75 Å². The summed E-state index contributed by atoms with van der Waals surface area (Å²) in [5.41, 5.74) is 3.30. The van der Waals surface area contributed by atoms with Gasteiger partial charge in [0.1, 0.15) is 17.3 Å². The van der Waals surface area contributed by atoms with Gasteiger partial charge in [-0.15, -0.1) is 0 Å². The van der Waals surface area contributed by atoms with E-state index in [1.54, 1.807) is 13.2 Å². The van der Waals surface area contributed by atoms with Crippen LogP contribution in [-0.2, 0) is 6.54 Å². The average molecular weight is 533 g/mol. The summed E-state index contributed by atoms with van der Waals surface area (Å²) < 4.78 is 7.47. The summed E-state index contributed by atoms with van der Waals surface area (Å²) in [6.45, 7) is 1.67. The second-order valence-corrected chi connectivity index (χ2v) is 9.53. The number of fused-ring (bicyclic) bond motifs is 2. The molecule has 0 atom stereocenters. The summed E-state index contributed by atoms with van der Waals surface area (Å²) >= 11 is 12.8. The third-order valence-corrected chi connectivity index (χ3v) is 6.73. The summed E-state index contributed by atoms with van der Waals surface area (Å²) in [6.07, 6.45) is 0.716. The van der Waals surface area contributed by atoms with Gasteiger partial charge in [-0.3, -0.25) is 4.79 Å². The smallest absolute Gasteiger partial charge is 0.267 e. The van der Waals surface area contributed by atoms with E-state index < -0.39 is 0 Å². The number of pyridine rings is 1. The van der Waals surface area contributed by atoms with Gasteiger partial charge in [0.2, 0.25) is 0 Å². The topological polar surface area (TPSA) is 68.2 Å². The Hall–Kier alpha value is -3.74. The molecule has 0 saturated heterocycles. The molecule has 8 heteroatoms. The van der Waals surface area contributed by atoms with Crippen molar-refractivity contribution in [2.75, 3.05) is 25.5 Å². The van der Waals surface area contributed by atoms with E-state index in [1.807, 2.05) is 77.4 Å². The van der Waals surface area contributed by atoms with Gasteiger partial charge in [0.05, 0.1) is 23.2 Å². The molecular weight excluding hydrogens is 507 g/mol. The SMILES string of the molecule is COc1cc(NCCCNC(=O)c2cc3c(Cl)cc(Cl)cc3n2Cc2ccccc2)nc2ccccc12. The fourth-order valence-electron chi connectivity index (χ4n) is 4.41. The van der Waals surface area contributed by atoms with Crippen LogP contribution in [0.4, 0.5) is 5.82 Å². The van der Waals surface area contributed by atoms with E-state index in [9.17, 15) is 4.79 Å². The van der Waals surface area contributed by atoms with E-state index >= 15 is 0 Å². The molecule has 2 N–H and O–H groups in total. The van der Waals surface area contributed by atoms with Crippen molar-refractivity contribution in [1.29, 1.82) is 0 Å².